The number of nitrogen functional groups attached to an aromatic ring is 1. The van der Waals surface area contributed by atoms with E-state index in [-0.39, 0.29) is 43.5 Å². The number of hydrogen-bond donors (Lipinski definition) is 2. The van der Waals surface area contributed by atoms with Crippen LogP contribution in [0.4, 0.5) is 11.5 Å². The van der Waals surface area contributed by atoms with Crippen molar-refractivity contribution < 1.29 is 23.9 Å². The predicted octanol–water partition coefficient (Wildman–Crippen LogP) is 1.96. The zero-order valence-electron chi connectivity index (χ0n) is 20.1. The third-order valence-electron chi connectivity index (χ3n) is 4.98. The van der Waals surface area contributed by atoms with Crippen LogP contribution in [0.5, 0.6) is 0 Å². The summed E-state index contributed by atoms with van der Waals surface area (Å²) in [5.41, 5.74) is 7.42. The molecule has 0 fully saturated rings. The molecule has 0 aliphatic carbocycles. The molecule has 1 heterocycles. The number of benzene rings is 1. The number of nitrogens with zero attached hydrogens (tertiary/aromatic N) is 4. The molecule has 0 aliphatic rings. The number of nitrogens with one attached hydrogen (secondary N) is 1. The number of rotatable bonds is 12. The van der Waals surface area contributed by atoms with Crippen LogP contribution in [0.25, 0.3) is 0 Å². The van der Waals surface area contributed by atoms with Gasteiger partial charge in [0.2, 0.25) is 0 Å². The molecule has 1 aromatic heterocycles. The molecule has 0 aliphatic heterocycles. The Morgan fingerprint density at radius 2 is 1.86 bits per heavy atom. The number of amides is 1. The Morgan fingerprint density at radius 1 is 1.17 bits per heavy atom. The predicted molar refractivity (Wildman–Crippen MR) is 128 cm³/mol. The molecule has 0 radical (unpaired) electrons. The maximum absolute atomic E-state index is 12.8. The van der Waals surface area contributed by atoms with Crippen LogP contribution in [0.15, 0.2) is 30.5 Å². The number of nitriles is 1. The molecule has 1 aromatic carbocycles. The minimum Gasteiger partial charge on any atom is -0.466 e. The minimum absolute atomic E-state index is 0.0707. The van der Waals surface area contributed by atoms with E-state index in [4.69, 9.17) is 20.5 Å². The van der Waals surface area contributed by atoms with Gasteiger partial charge in [0.25, 0.3) is 5.91 Å². The molecule has 186 valence electrons. The van der Waals surface area contributed by atoms with Crippen LogP contribution >= 0.6 is 0 Å². The van der Waals surface area contributed by atoms with E-state index in [1.807, 2.05) is 18.0 Å². The summed E-state index contributed by atoms with van der Waals surface area (Å²) in [5.74, 6) is -1.26. The van der Waals surface area contributed by atoms with Gasteiger partial charge in [-0.05, 0) is 51.0 Å². The normalized spacial score (nSPS) is 11.1. The van der Waals surface area contributed by atoms with E-state index in [1.54, 1.807) is 38.1 Å². The van der Waals surface area contributed by atoms with E-state index >= 15 is 0 Å². The lowest BCUT2D eigenvalue weighted by Crippen LogP contribution is -2.42. The van der Waals surface area contributed by atoms with Gasteiger partial charge >= 0.3 is 11.9 Å². The molecule has 0 saturated heterocycles. The molecule has 1 atom stereocenters. The molecule has 11 nitrogen and oxygen atoms in total. The van der Waals surface area contributed by atoms with E-state index in [0.29, 0.717) is 24.2 Å². The number of hydrogen-bond acceptors (Lipinski definition) is 10. The Kier molecular flexibility index (Phi) is 10.4. The monoisotopic (exact) mass is 482 g/mol. The highest BCUT2D eigenvalue weighted by atomic mass is 16.5. The summed E-state index contributed by atoms with van der Waals surface area (Å²) in [6.07, 6.45) is 2.27. The fourth-order valence-electron chi connectivity index (χ4n) is 3.21. The molecule has 2 aromatic rings. The first kappa shape index (κ1) is 27.0. The topological polar surface area (TPSA) is 161 Å². The van der Waals surface area contributed by atoms with Gasteiger partial charge in [-0.2, -0.15) is 5.26 Å². The molecule has 11 heteroatoms. The van der Waals surface area contributed by atoms with E-state index in [2.05, 4.69) is 15.3 Å². The zero-order chi connectivity index (χ0) is 25.8. The van der Waals surface area contributed by atoms with Crippen molar-refractivity contribution in [3.8, 4) is 6.07 Å². The molecule has 3 N–H and O–H groups in total. The maximum Gasteiger partial charge on any atom is 0.328 e. The van der Waals surface area contributed by atoms with Gasteiger partial charge in [-0.1, -0.05) is 0 Å². The van der Waals surface area contributed by atoms with Crippen LogP contribution in [-0.4, -0.2) is 54.1 Å². The van der Waals surface area contributed by atoms with Crippen molar-refractivity contribution in [3.63, 3.8) is 0 Å². The Labute approximate surface area is 204 Å². The van der Waals surface area contributed by atoms with Gasteiger partial charge in [-0.25, -0.2) is 14.8 Å². The summed E-state index contributed by atoms with van der Waals surface area (Å²) < 4.78 is 9.95. The highest BCUT2D eigenvalue weighted by molar-refractivity contribution is 5.97. The third kappa shape index (κ3) is 8.26. The van der Waals surface area contributed by atoms with E-state index in [1.165, 1.54) is 6.20 Å². The zero-order valence-corrected chi connectivity index (χ0v) is 20.1. The number of aromatic nitrogens is 2. The number of esters is 2. The van der Waals surface area contributed by atoms with Crippen LogP contribution in [0.3, 0.4) is 0 Å². The van der Waals surface area contributed by atoms with Crippen LogP contribution in [0, 0.1) is 11.3 Å². The van der Waals surface area contributed by atoms with E-state index in [9.17, 15) is 14.4 Å². The lowest BCUT2D eigenvalue weighted by molar-refractivity contribution is -0.147. The van der Waals surface area contributed by atoms with Crippen molar-refractivity contribution in [1.29, 1.82) is 5.26 Å². The highest BCUT2D eigenvalue weighted by Gasteiger charge is 2.23. The molecule has 35 heavy (non-hydrogen) atoms. The number of nitrogens with two attached hydrogens (primary N) is 1. The molecular formula is C24H30N6O5. The summed E-state index contributed by atoms with van der Waals surface area (Å²) in [6.45, 7) is 4.24. The number of carbonyl (C=O) groups excluding carboxylic acids is 3. The summed E-state index contributed by atoms with van der Waals surface area (Å²) in [4.78, 5) is 46.6. The van der Waals surface area contributed by atoms with Crippen molar-refractivity contribution >= 4 is 29.4 Å². The lowest BCUT2D eigenvalue weighted by atomic mass is 10.1. The Balaban J connectivity index is 2.01. The Bertz CT molecular complexity index is 1070. The van der Waals surface area contributed by atoms with Gasteiger partial charge in [-0.3, -0.25) is 9.59 Å². The van der Waals surface area contributed by atoms with Gasteiger partial charge in [0.15, 0.2) is 11.5 Å². The number of anilines is 2. The first-order valence-electron chi connectivity index (χ1n) is 11.2. The summed E-state index contributed by atoms with van der Waals surface area (Å²) in [5, 5.41) is 11.8. The van der Waals surface area contributed by atoms with Crippen LogP contribution in [0.2, 0.25) is 0 Å². The van der Waals surface area contributed by atoms with Gasteiger partial charge in [0.1, 0.15) is 12.1 Å². The first-order valence-corrected chi connectivity index (χ1v) is 11.2. The van der Waals surface area contributed by atoms with Gasteiger partial charge in [0, 0.05) is 24.7 Å². The van der Waals surface area contributed by atoms with Crippen LogP contribution in [-0.2, 0) is 25.6 Å². The van der Waals surface area contributed by atoms with Crippen molar-refractivity contribution in [3.05, 3.63) is 47.4 Å². The maximum atomic E-state index is 12.8. The fourth-order valence-corrected chi connectivity index (χ4v) is 3.21. The second-order valence-electron chi connectivity index (χ2n) is 7.59. The lowest BCUT2D eigenvalue weighted by Gasteiger charge is -2.20. The van der Waals surface area contributed by atoms with Crippen LogP contribution in [0.1, 0.15) is 54.9 Å². The average Bonchev–Trinajstić information content (AvgIpc) is 2.84. The van der Waals surface area contributed by atoms with E-state index < -0.39 is 17.9 Å². The first-order chi connectivity index (χ1) is 16.8. The number of ether oxygens (including phenoxy) is 2. The van der Waals surface area contributed by atoms with Gasteiger partial charge in [0.05, 0.1) is 31.6 Å². The van der Waals surface area contributed by atoms with Crippen molar-refractivity contribution in [1.82, 2.24) is 15.3 Å². The summed E-state index contributed by atoms with van der Waals surface area (Å²) in [6, 6.07) is 7.81. The molecular weight excluding hydrogens is 452 g/mol. The minimum atomic E-state index is -0.877. The van der Waals surface area contributed by atoms with E-state index in [0.717, 1.165) is 5.69 Å². The highest BCUT2D eigenvalue weighted by Crippen LogP contribution is 2.17. The van der Waals surface area contributed by atoms with Crippen molar-refractivity contribution in [2.24, 2.45) is 0 Å². The average molecular weight is 483 g/mol. The van der Waals surface area contributed by atoms with Gasteiger partial charge in [-0.15, -0.1) is 0 Å². The van der Waals surface area contributed by atoms with Crippen molar-refractivity contribution in [2.45, 2.75) is 45.7 Å². The fraction of sp³-hybridized carbons (Fsp3) is 0.417. The van der Waals surface area contributed by atoms with Gasteiger partial charge < -0.3 is 25.4 Å². The molecule has 0 saturated carbocycles. The third-order valence-corrected chi connectivity index (χ3v) is 4.98. The largest absolute Gasteiger partial charge is 0.466 e. The second kappa shape index (κ2) is 13.5. The molecule has 1 unspecified atom stereocenters. The standard InChI is InChI=1S/C24H30N6O5/c1-4-34-21(31)8-6-7-19(24(33)35-5-2)29-23(32)16-9-11-18(12-10-16)30(3)15-17-14-27-22(26)20(13-25)28-17/h9-12,14,19H,4-8,15H2,1-3H3,(H2,26,27)(H,29,32). The summed E-state index contributed by atoms with van der Waals surface area (Å²) in [7, 11) is 1.83. The SMILES string of the molecule is CCOC(=O)CCCC(NC(=O)c1ccc(N(C)Cc2cnc(N)c(C#N)n2)cc1)C(=O)OCC. The smallest absolute Gasteiger partial charge is 0.328 e. The quantitative estimate of drug-likeness (QED) is 0.428. The van der Waals surface area contributed by atoms with Crippen molar-refractivity contribution in [2.75, 3.05) is 30.9 Å². The second-order valence-corrected chi connectivity index (χ2v) is 7.59. The molecule has 1 amide bonds. The number of carbonyl (C=O) groups is 3. The Hall–Kier alpha value is -4.20. The molecule has 2 rings (SSSR count). The molecule has 0 spiro atoms. The molecule has 0 bridgehead atoms. The van der Waals surface area contributed by atoms with Crippen LogP contribution < -0.4 is 16.0 Å². The summed E-state index contributed by atoms with van der Waals surface area (Å²) >= 11 is 0. The Morgan fingerprint density at radius 3 is 2.49 bits per heavy atom.